The molecule has 1 saturated heterocycles. The number of rotatable bonds is 4. The lowest BCUT2D eigenvalue weighted by Crippen LogP contribution is -2.44. The van der Waals surface area contributed by atoms with Crippen LogP contribution in [0.5, 0.6) is 0 Å². The van der Waals surface area contributed by atoms with E-state index in [0.717, 1.165) is 26.0 Å². The first-order valence-corrected chi connectivity index (χ1v) is 4.90. The van der Waals surface area contributed by atoms with E-state index in [1.54, 1.807) is 0 Å². The van der Waals surface area contributed by atoms with Crippen molar-refractivity contribution in [1.29, 1.82) is 0 Å². The fourth-order valence-electron chi connectivity index (χ4n) is 1.37. The summed E-state index contributed by atoms with van der Waals surface area (Å²) in [5.74, 6) is 0.0670. The van der Waals surface area contributed by atoms with Crippen LogP contribution in [0.3, 0.4) is 0 Å². The third-order valence-electron chi connectivity index (χ3n) is 2.06. The summed E-state index contributed by atoms with van der Waals surface area (Å²) in [6.45, 7) is 4.72. The van der Waals surface area contributed by atoms with Crippen LogP contribution in [0.2, 0.25) is 0 Å². The third kappa shape index (κ3) is 4.24. The molecule has 1 fully saturated rings. The van der Waals surface area contributed by atoms with Crippen molar-refractivity contribution in [2.45, 2.75) is 25.8 Å². The Kier molecular flexibility index (Phi) is 4.78. The summed E-state index contributed by atoms with van der Waals surface area (Å²) >= 11 is 0. The van der Waals surface area contributed by atoms with Gasteiger partial charge in [-0.1, -0.05) is 6.92 Å². The second-order valence-corrected chi connectivity index (χ2v) is 3.26. The number of carbonyl (C=O) groups is 1. The molecule has 1 rings (SSSR count). The highest BCUT2D eigenvalue weighted by atomic mass is 16.5. The van der Waals surface area contributed by atoms with E-state index in [1.165, 1.54) is 0 Å². The van der Waals surface area contributed by atoms with Crippen LogP contribution in [-0.4, -0.2) is 38.3 Å². The second kappa shape index (κ2) is 5.94. The largest absolute Gasteiger partial charge is 0.379 e. The van der Waals surface area contributed by atoms with Crippen molar-refractivity contribution < 1.29 is 9.53 Å². The Hall–Kier alpha value is -0.610. The van der Waals surface area contributed by atoms with Crippen LogP contribution in [0.1, 0.15) is 19.8 Å². The minimum absolute atomic E-state index is 0.0670. The predicted octanol–water partition coefficient (Wildman–Crippen LogP) is -0.109. The zero-order valence-corrected chi connectivity index (χ0v) is 8.14. The molecule has 13 heavy (non-hydrogen) atoms. The van der Waals surface area contributed by atoms with E-state index in [9.17, 15) is 4.79 Å². The molecular weight excluding hydrogens is 168 g/mol. The minimum Gasteiger partial charge on any atom is -0.379 e. The highest BCUT2D eigenvalue weighted by molar-refractivity contribution is 5.78. The van der Waals surface area contributed by atoms with Crippen LogP contribution in [-0.2, 0) is 9.53 Å². The summed E-state index contributed by atoms with van der Waals surface area (Å²) in [4.78, 5) is 11.2. The van der Waals surface area contributed by atoms with Crippen LogP contribution in [0.4, 0.5) is 0 Å². The molecule has 0 aromatic carbocycles. The number of amides is 1. The fourth-order valence-corrected chi connectivity index (χ4v) is 1.37. The number of hydrogen-bond donors (Lipinski definition) is 2. The van der Waals surface area contributed by atoms with Gasteiger partial charge in [0, 0.05) is 6.61 Å². The van der Waals surface area contributed by atoms with Gasteiger partial charge in [-0.3, -0.25) is 4.79 Å². The van der Waals surface area contributed by atoms with Gasteiger partial charge >= 0.3 is 0 Å². The minimum atomic E-state index is 0.0670. The lowest BCUT2D eigenvalue weighted by atomic mass is 10.1. The number of nitrogens with one attached hydrogen (secondary N) is 2. The molecule has 1 amide bonds. The molecule has 1 atom stereocenters. The molecule has 1 aliphatic heterocycles. The standard InChI is InChI=1S/C9H18N2O2/c1-2-10-6-9(12)11-8-4-3-5-13-7-8/h8,10H,2-7H2,1H3,(H,11,12). The lowest BCUT2D eigenvalue weighted by molar-refractivity contribution is -0.121. The molecule has 0 aliphatic carbocycles. The molecule has 4 heteroatoms. The van der Waals surface area contributed by atoms with Gasteiger partial charge in [-0.25, -0.2) is 0 Å². The van der Waals surface area contributed by atoms with Crippen molar-refractivity contribution in [2.75, 3.05) is 26.3 Å². The molecule has 1 heterocycles. The molecule has 0 bridgehead atoms. The molecule has 0 saturated carbocycles. The Morgan fingerprint density at radius 3 is 3.08 bits per heavy atom. The Balaban J connectivity index is 2.11. The molecule has 76 valence electrons. The van der Waals surface area contributed by atoms with E-state index in [1.807, 2.05) is 6.92 Å². The third-order valence-corrected chi connectivity index (χ3v) is 2.06. The van der Waals surface area contributed by atoms with Crippen molar-refractivity contribution >= 4 is 5.91 Å². The van der Waals surface area contributed by atoms with Crippen molar-refractivity contribution in [2.24, 2.45) is 0 Å². The summed E-state index contributed by atoms with van der Waals surface area (Å²) in [7, 11) is 0. The van der Waals surface area contributed by atoms with Crippen molar-refractivity contribution in [3.8, 4) is 0 Å². The number of hydrogen-bond acceptors (Lipinski definition) is 3. The fraction of sp³-hybridized carbons (Fsp3) is 0.889. The summed E-state index contributed by atoms with van der Waals surface area (Å²) < 4.78 is 5.25. The topological polar surface area (TPSA) is 50.4 Å². The molecule has 0 radical (unpaired) electrons. The van der Waals surface area contributed by atoms with E-state index in [-0.39, 0.29) is 11.9 Å². The van der Waals surface area contributed by atoms with Crippen LogP contribution < -0.4 is 10.6 Å². The Morgan fingerprint density at radius 1 is 1.62 bits per heavy atom. The zero-order valence-electron chi connectivity index (χ0n) is 8.14. The Morgan fingerprint density at radius 2 is 2.46 bits per heavy atom. The monoisotopic (exact) mass is 186 g/mol. The maximum Gasteiger partial charge on any atom is 0.234 e. The molecule has 1 aliphatic rings. The summed E-state index contributed by atoms with van der Waals surface area (Å²) in [5.41, 5.74) is 0. The van der Waals surface area contributed by atoms with Gasteiger partial charge in [-0.15, -0.1) is 0 Å². The maximum atomic E-state index is 11.2. The second-order valence-electron chi connectivity index (χ2n) is 3.26. The summed E-state index contributed by atoms with van der Waals surface area (Å²) in [6, 6.07) is 0.222. The highest BCUT2D eigenvalue weighted by Gasteiger charge is 2.15. The highest BCUT2D eigenvalue weighted by Crippen LogP contribution is 2.04. The Labute approximate surface area is 79.0 Å². The maximum absolute atomic E-state index is 11.2. The first kappa shape index (κ1) is 10.5. The quantitative estimate of drug-likeness (QED) is 0.644. The van der Waals surface area contributed by atoms with Crippen LogP contribution >= 0.6 is 0 Å². The van der Waals surface area contributed by atoms with Crippen molar-refractivity contribution in [3.63, 3.8) is 0 Å². The van der Waals surface area contributed by atoms with E-state index in [0.29, 0.717) is 13.2 Å². The Bertz CT molecular complexity index is 156. The summed E-state index contributed by atoms with van der Waals surface area (Å²) in [6.07, 6.45) is 2.09. The van der Waals surface area contributed by atoms with Crippen LogP contribution in [0.15, 0.2) is 0 Å². The number of carbonyl (C=O) groups excluding carboxylic acids is 1. The van der Waals surface area contributed by atoms with Crippen molar-refractivity contribution in [3.05, 3.63) is 0 Å². The van der Waals surface area contributed by atoms with Crippen molar-refractivity contribution in [1.82, 2.24) is 10.6 Å². The molecule has 0 aromatic rings. The van der Waals surface area contributed by atoms with Crippen LogP contribution in [0, 0.1) is 0 Å². The number of likely N-dealkylation sites (N-methyl/N-ethyl adjacent to an activating group) is 1. The molecule has 4 nitrogen and oxygen atoms in total. The molecule has 1 unspecified atom stereocenters. The first-order chi connectivity index (χ1) is 6.33. The molecule has 0 spiro atoms. The molecule has 0 aromatic heterocycles. The van der Waals surface area contributed by atoms with Gasteiger partial charge in [0.25, 0.3) is 0 Å². The van der Waals surface area contributed by atoms with Gasteiger partial charge in [-0.05, 0) is 19.4 Å². The van der Waals surface area contributed by atoms with Gasteiger partial charge in [-0.2, -0.15) is 0 Å². The summed E-state index contributed by atoms with van der Waals surface area (Å²) in [5, 5.41) is 5.91. The first-order valence-electron chi connectivity index (χ1n) is 4.90. The predicted molar refractivity (Wildman–Crippen MR) is 50.5 cm³/mol. The molecular formula is C9H18N2O2. The van der Waals surface area contributed by atoms with E-state index >= 15 is 0 Å². The smallest absolute Gasteiger partial charge is 0.234 e. The average molecular weight is 186 g/mol. The van der Waals surface area contributed by atoms with Gasteiger partial charge in [0.1, 0.15) is 0 Å². The van der Waals surface area contributed by atoms with E-state index in [4.69, 9.17) is 4.74 Å². The lowest BCUT2D eigenvalue weighted by Gasteiger charge is -2.23. The van der Waals surface area contributed by atoms with Crippen LogP contribution in [0.25, 0.3) is 0 Å². The normalized spacial score (nSPS) is 22.7. The average Bonchev–Trinajstić information content (AvgIpc) is 2.16. The van der Waals surface area contributed by atoms with E-state index in [2.05, 4.69) is 10.6 Å². The van der Waals surface area contributed by atoms with E-state index < -0.39 is 0 Å². The zero-order chi connectivity index (χ0) is 9.52. The SMILES string of the molecule is CCNCC(=O)NC1CCCOC1. The number of ether oxygens (including phenoxy) is 1. The van der Waals surface area contributed by atoms with Gasteiger partial charge < -0.3 is 15.4 Å². The van der Waals surface area contributed by atoms with Gasteiger partial charge in [0.15, 0.2) is 0 Å². The molecule has 2 N–H and O–H groups in total. The van der Waals surface area contributed by atoms with Gasteiger partial charge in [0.2, 0.25) is 5.91 Å². The van der Waals surface area contributed by atoms with Gasteiger partial charge in [0.05, 0.1) is 19.2 Å².